The zero-order valence-electron chi connectivity index (χ0n) is 29.7. The van der Waals surface area contributed by atoms with Crippen molar-refractivity contribution in [1.29, 1.82) is 0 Å². The SMILES string of the molecule is CCCCOc1ccc(C[C@H]2CN(CC=O)CCN(CC(=O)OC(C)(C)C)CCN(CC(=O)OC(C)(C)C)CCN2CC(=O)O)cc1. The first-order valence-corrected chi connectivity index (χ1v) is 16.8. The van der Waals surface area contributed by atoms with Gasteiger partial charge in [-0.2, -0.15) is 0 Å². The van der Waals surface area contributed by atoms with E-state index in [-0.39, 0.29) is 44.2 Å². The maximum atomic E-state index is 12.9. The van der Waals surface area contributed by atoms with Crippen molar-refractivity contribution in [2.75, 3.05) is 78.6 Å². The van der Waals surface area contributed by atoms with Crippen LogP contribution in [0.1, 0.15) is 66.9 Å². The van der Waals surface area contributed by atoms with Crippen molar-refractivity contribution in [1.82, 2.24) is 19.6 Å². The van der Waals surface area contributed by atoms with Gasteiger partial charge in [-0.25, -0.2) is 0 Å². The summed E-state index contributed by atoms with van der Waals surface area (Å²) >= 11 is 0. The number of hydrogen-bond donors (Lipinski definition) is 1. The molecule has 1 saturated heterocycles. The fraction of sp³-hybridized carbons (Fsp3) is 0.714. The van der Waals surface area contributed by atoms with E-state index in [2.05, 4.69) is 6.92 Å². The molecule has 1 aromatic carbocycles. The van der Waals surface area contributed by atoms with Crippen LogP contribution in [0.15, 0.2) is 24.3 Å². The summed E-state index contributed by atoms with van der Waals surface area (Å²) < 4.78 is 17.0. The van der Waals surface area contributed by atoms with Crippen molar-refractivity contribution in [3.05, 3.63) is 29.8 Å². The molecule has 0 amide bonds. The van der Waals surface area contributed by atoms with Gasteiger partial charge in [0.2, 0.25) is 0 Å². The van der Waals surface area contributed by atoms with E-state index in [0.717, 1.165) is 30.4 Å². The van der Waals surface area contributed by atoms with E-state index in [9.17, 15) is 24.3 Å². The molecule has 12 heteroatoms. The van der Waals surface area contributed by atoms with Crippen LogP contribution in [0.25, 0.3) is 0 Å². The number of rotatable bonds is 14. The van der Waals surface area contributed by atoms with Crippen molar-refractivity contribution in [3.8, 4) is 5.75 Å². The summed E-state index contributed by atoms with van der Waals surface area (Å²) in [4.78, 5) is 57.5. The zero-order chi connectivity index (χ0) is 35.0. The highest BCUT2D eigenvalue weighted by Crippen LogP contribution is 2.18. The molecule has 1 aliphatic heterocycles. The summed E-state index contributed by atoms with van der Waals surface area (Å²) in [6.45, 7) is 16.8. The summed E-state index contributed by atoms with van der Waals surface area (Å²) in [5.74, 6) is -0.888. The number of hydrogen-bond acceptors (Lipinski definition) is 11. The fourth-order valence-electron chi connectivity index (χ4n) is 5.35. The lowest BCUT2D eigenvalue weighted by Gasteiger charge is -2.38. The quantitative estimate of drug-likeness (QED) is 0.179. The highest BCUT2D eigenvalue weighted by molar-refractivity contribution is 5.72. The molecule has 0 unspecified atom stereocenters. The predicted molar refractivity (Wildman–Crippen MR) is 181 cm³/mol. The fourth-order valence-corrected chi connectivity index (χ4v) is 5.35. The number of nitrogens with zero attached hydrogens (tertiary/aromatic N) is 4. The van der Waals surface area contributed by atoms with Gasteiger partial charge in [0.25, 0.3) is 0 Å². The number of carboxylic acids is 1. The van der Waals surface area contributed by atoms with Crippen molar-refractivity contribution < 1.29 is 38.5 Å². The lowest BCUT2D eigenvalue weighted by Crippen LogP contribution is -2.53. The molecule has 12 nitrogen and oxygen atoms in total. The van der Waals surface area contributed by atoms with E-state index in [0.29, 0.717) is 58.8 Å². The van der Waals surface area contributed by atoms with Gasteiger partial charge in [0.15, 0.2) is 0 Å². The minimum Gasteiger partial charge on any atom is -0.494 e. The average Bonchev–Trinajstić information content (AvgIpc) is 2.94. The number of unbranched alkanes of at least 4 members (excludes halogenated alkanes) is 1. The van der Waals surface area contributed by atoms with Crippen molar-refractivity contribution in [2.45, 2.75) is 85.0 Å². The Morgan fingerprint density at radius 1 is 0.809 bits per heavy atom. The molecule has 47 heavy (non-hydrogen) atoms. The van der Waals surface area contributed by atoms with Gasteiger partial charge in [0.1, 0.15) is 23.2 Å². The maximum absolute atomic E-state index is 12.9. The molecule has 1 atom stereocenters. The Morgan fingerprint density at radius 3 is 1.79 bits per heavy atom. The van der Waals surface area contributed by atoms with Crippen LogP contribution in [-0.4, -0.2) is 145 Å². The van der Waals surface area contributed by atoms with Crippen LogP contribution in [0.2, 0.25) is 0 Å². The van der Waals surface area contributed by atoms with Gasteiger partial charge in [-0.3, -0.25) is 34.0 Å². The molecule has 1 heterocycles. The largest absolute Gasteiger partial charge is 0.494 e. The first-order chi connectivity index (χ1) is 22.1. The van der Waals surface area contributed by atoms with Gasteiger partial charge >= 0.3 is 17.9 Å². The molecule has 0 spiro atoms. The monoisotopic (exact) mass is 662 g/mol. The summed E-state index contributed by atoms with van der Waals surface area (Å²) in [6, 6.07) is 7.61. The highest BCUT2D eigenvalue weighted by Gasteiger charge is 2.28. The molecular formula is C35H58N4O8. The molecule has 1 aromatic rings. The van der Waals surface area contributed by atoms with E-state index in [1.807, 2.05) is 85.4 Å². The summed E-state index contributed by atoms with van der Waals surface area (Å²) in [5, 5.41) is 9.92. The highest BCUT2D eigenvalue weighted by atomic mass is 16.6. The molecule has 0 saturated carbocycles. The van der Waals surface area contributed by atoms with Crippen LogP contribution in [0.3, 0.4) is 0 Å². The third kappa shape index (κ3) is 17.6. The second kappa shape index (κ2) is 19.7. The Morgan fingerprint density at radius 2 is 1.32 bits per heavy atom. The van der Waals surface area contributed by atoms with E-state index in [1.54, 1.807) is 0 Å². The predicted octanol–water partition coefficient (Wildman–Crippen LogP) is 2.97. The van der Waals surface area contributed by atoms with Crippen LogP contribution in [0.4, 0.5) is 0 Å². The number of carboxylic acid groups (broad SMARTS) is 1. The molecular weight excluding hydrogens is 604 g/mol. The lowest BCUT2D eigenvalue weighted by atomic mass is 10.0. The maximum Gasteiger partial charge on any atom is 0.320 e. The Bertz CT molecular complexity index is 1120. The molecule has 0 bridgehead atoms. The van der Waals surface area contributed by atoms with Gasteiger partial charge < -0.3 is 24.1 Å². The summed E-state index contributed by atoms with van der Waals surface area (Å²) in [6.07, 6.45) is 3.42. The molecule has 0 aliphatic carbocycles. The lowest BCUT2D eigenvalue weighted by molar-refractivity contribution is -0.158. The van der Waals surface area contributed by atoms with Gasteiger partial charge in [0.05, 0.1) is 32.8 Å². The minimum absolute atomic E-state index is 0.0277. The van der Waals surface area contributed by atoms with E-state index < -0.39 is 17.2 Å². The Hall–Kier alpha value is -3.06. The van der Waals surface area contributed by atoms with Crippen molar-refractivity contribution in [2.24, 2.45) is 0 Å². The van der Waals surface area contributed by atoms with Crippen LogP contribution < -0.4 is 4.74 Å². The minimum atomic E-state index is -0.953. The van der Waals surface area contributed by atoms with Gasteiger partial charge in [-0.05, 0) is 72.1 Å². The smallest absolute Gasteiger partial charge is 0.320 e. The number of carbonyl (C=O) groups is 4. The number of carbonyl (C=O) groups excluding carboxylic acids is 3. The first kappa shape index (κ1) is 40.1. The number of aldehydes is 1. The number of benzene rings is 1. The number of ether oxygens (including phenoxy) is 3. The van der Waals surface area contributed by atoms with Crippen LogP contribution in [-0.2, 0) is 35.1 Å². The Labute approximate surface area is 281 Å². The molecule has 0 aromatic heterocycles. The second-order valence-electron chi connectivity index (χ2n) is 14.2. The molecule has 0 radical (unpaired) electrons. The summed E-state index contributed by atoms with van der Waals surface area (Å²) in [5.41, 5.74) is -0.259. The molecule has 1 aliphatic rings. The second-order valence-corrected chi connectivity index (χ2v) is 14.2. The normalized spacial score (nSPS) is 18.5. The number of aliphatic carboxylic acids is 1. The standard InChI is InChI=1S/C35H58N4O8/c1-8-9-22-45-30-12-10-28(11-13-30)23-29-24-38(20-21-40)17-16-36(26-32(43)46-34(2,3)4)14-15-37(18-19-39(29)25-31(41)42)27-33(44)47-35(5,6)7/h10-13,21,29H,8-9,14-20,22-27H2,1-7H3,(H,41,42)/t29-/m0/s1. The third-order valence-electron chi connectivity index (χ3n) is 7.53. The Kier molecular flexibility index (Phi) is 16.8. The topological polar surface area (TPSA) is 129 Å². The first-order valence-electron chi connectivity index (χ1n) is 16.8. The average molecular weight is 663 g/mol. The van der Waals surface area contributed by atoms with Crippen molar-refractivity contribution >= 4 is 24.2 Å². The molecule has 1 N–H and O–H groups in total. The summed E-state index contributed by atoms with van der Waals surface area (Å²) in [7, 11) is 0. The van der Waals surface area contributed by atoms with Gasteiger partial charge in [0, 0.05) is 51.9 Å². The van der Waals surface area contributed by atoms with E-state index in [1.165, 1.54) is 0 Å². The van der Waals surface area contributed by atoms with Crippen LogP contribution in [0, 0.1) is 0 Å². The molecule has 1 fully saturated rings. The van der Waals surface area contributed by atoms with Crippen LogP contribution in [0.5, 0.6) is 5.75 Å². The van der Waals surface area contributed by atoms with Crippen LogP contribution >= 0.6 is 0 Å². The van der Waals surface area contributed by atoms with Gasteiger partial charge in [-0.15, -0.1) is 0 Å². The van der Waals surface area contributed by atoms with E-state index in [4.69, 9.17) is 14.2 Å². The van der Waals surface area contributed by atoms with Crippen molar-refractivity contribution in [3.63, 3.8) is 0 Å². The zero-order valence-corrected chi connectivity index (χ0v) is 29.7. The number of esters is 2. The molecule has 2 rings (SSSR count). The Balaban J connectivity index is 2.39. The van der Waals surface area contributed by atoms with Gasteiger partial charge in [-0.1, -0.05) is 25.5 Å². The molecule has 266 valence electrons. The third-order valence-corrected chi connectivity index (χ3v) is 7.53. The van der Waals surface area contributed by atoms with E-state index >= 15 is 0 Å².